The van der Waals surface area contributed by atoms with Crippen LogP contribution in [0.2, 0.25) is 0 Å². The van der Waals surface area contributed by atoms with E-state index in [4.69, 9.17) is 14.2 Å². The van der Waals surface area contributed by atoms with Gasteiger partial charge >= 0.3 is 0 Å². The van der Waals surface area contributed by atoms with Crippen molar-refractivity contribution in [3.05, 3.63) is 77.6 Å². The summed E-state index contributed by atoms with van der Waals surface area (Å²) in [5.41, 5.74) is 2.51. The lowest BCUT2D eigenvalue weighted by Gasteiger charge is -2.29. The van der Waals surface area contributed by atoms with Crippen molar-refractivity contribution in [1.82, 2.24) is 0 Å². The summed E-state index contributed by atoms with van der Waals surface area (Å²) in [7, 11) is 1.28. The van der Waals surface area contributed by atoms with Gasteiger partial charge in [-0.25, -0.2) is 8.78 Å². The van der Waals surface area contributed by atoms with Crippen LogP contribution in [0.5, 0.6) is 5.75 Å². The Bertz CT molecular complexity index is 1070. The molecule has 0 atom stereocenters. The molecule has 3 nitrogen and oxygen atoms in total. The molecule has 4 rings (SSSR count). The smallest absolute Gasteiger partial charge is 0.201 e. The van der Waals surface area contributed by atoms with Crippen molar-refractivity contribution in [3.63, 3.8) is 0 Å². The van der Waals surface area contributed by atoms with Crippen molar-refractivity contribution in [2.75, 3.05) is 20.3 Å². The van der Waals surface area contributed by atoms with Crippen LogP contribution in [0.4, 0.5) is 13.2 Å². The number of halogens is 3. The van der Waals surface area contributed by atoms with E-state index in [9.17, 15) is 13.2 Å². The highest BCUT2D eigenvalue weighted by Gasteiger charge is 2.24. The molecule has 0 aliphatic carbocycles. The maximum atomic E-state index is 14.9. The molecule has 32 heavy (non-hydrogen) atoms. The predicted molar refractivity (Wildman–Crippen MR) is 117 cm³/mol. The Balaban J connectivity index is 1.52. The van der Waals surface area contributed by atoms with Crippen LogP contribution in [0, 0.1) is 17.5 Å². The standard InChI is InChI=1S/C26H25F3O3/c1-3-4-24-31-14-19(15-32-24)18-9-10-20(22(27)13-18)16-5-7-17(8-6-16)21-11-12-23(30-2)26(29)25(21)28/h5-13,19,24H,3-4,14-15H2,1-2H3. The van der Waals surface area contributed by atoms with Gasteiger partial charge in [-0.15, -0.1) is 0 Å². The molecule has 1 aliphatic rings. The van der Waals surface area contributed by atoms with Crippen LogP contribution in [-0.2, 0) is 9.47 Å². The van der Waals surface area contributed by atoms with E-state index in [1.807, 2.05) is 6.07 Å². The Hall–Kier alpha value is -2.83. The minimum Gasteiger partial charge on any atom is -0.494 e. The van der Waals surface area contributed by atoms with Gasteiger partial charge in [0.25, 0.3) is 0 Å². The molecule has 6 heteroatoms. The summed E-state index contributed by atoms with van der Waals surface area (Å²) in [5, 5.41) is 0. The summed E-state index contributed by atoms with van der Waals surface area (Å²) in [5.74, 6) is -2.53. The second-order valence-corrected chi connectivity index (χ2v) is 7.84. The average molecular weight is 442 g/mol. The van der Waals surface area contributed by atoms with Gasteiger partial charge in [0.1, 0.15) is 5.82 Å². The lowest BCUT2D eigenvalue weighted by atomic mass is 9.95. The molecular weight excluding hydrogens is 417 g/mol. The van der Waals surface area contributed by atoms with Crippen LogP contribution in [0.3, 0.4) is 0 Å². The minimum atomic E-state index is -1.03. The highest BCUT2D eigenvalue weighted by atomic mass is 19.2. The molecule has 0 amide bonds. The third-order valence-electron chi connectivity index (χ3n) is 5.73. The second kappa shape index (κ2) is 9.76. The lowest BCUT2D eigenvalue weighted by Crippen LogP contribution is -2.30. The second-order valence-electron chi connectivity index (χ2n) is 7.84. The van der Waals surface area contributed by atoms with Gasteiger partial charge in [0.2, 0.25) is 5.82 Å². The molecule has 1 fully saturated rings. The van der Waals surface area contributed by atoms with E-state index in [-0.39, 0.29) is 29.3 Å². The third-order valence-corrected chi connectivity index (χ3v) is 5.73. The predicted octanol–water partition coefficient (Wildman–Crippen LogP) is 6.70. The van der Waals surface area contributed by atoms with Gasteiger partial charge in [-0.05, 0) is 41.3 Å². The van der Waals surface area contributed by atoms with Crippen molar-refractivity contribution in [2.24, 2.45) is 0 Å². The Kier molecular flexibility index (Phi) is 6.82. The first-order valence-corrected chi connectivity index (χ1v) is 10.7. The molecule has 0 aromatic heterocycles. The maximum absolute atomic E-state index is 14.9. The first-order valence-electron chi connectivity index (χ1n) is 10.7. The highest BCUT2D eigenvalue weighted by Crippen LogP contribution is 2.33. The van der Waals surface area contributed by atoms with Gasteiger partial charge < -0.3 is 14.2 Å². The lowest BCUT2D eigenvalue weighted by molar-refractivity contribution is -0.189. The van der Waals surface area contributed by atoms with Gasteiger partial charge in [0.05, 0.1) is 20.3 Å². The number of hydrogen-bond acceptors (Lipinski definition) is 3. The van der Waals surface area contributed by atoms with E-state index < -0.39 is 11.6 Å². The molecule has 1 heterocycles. The molecule has 0 saturated carbocycles. The average Bonchev–Trinajstić information content (AvgIpc) is 2.82. The number of ether oxygens (including phenoxy) is 3. The van der Waals surface area contributed by atoms with E-state index in [0.717, 1.165) is 18.4 Å². The largest absolute Gasteiger partial charge is 0.494 e. The molecule has 3 aromatic rings. The van der Waals surface area contributed by atoms with Crippen molar-refractivity contribution >= 4 is 0 Å². The van der Waals surface area contributed by atoms with Crippen molar-refractivity contribution < 1.29 is 27.4 Å². The first kappa shape index (κ1) is 22.4. The first-order chi connectivity index (χ1) is 15.5. The summed E-state index contributed by atoms with van der Waals surface area (Å²) in [6, 6.07) is 14.6. The minimum absolute atomic E-state index is 0.0121. The summed E-state index contributed by atoms with van der Waals surface area (Å²) in [4.78, 5) is 0. The van der Waals surface area contributed by atoms with E-state index in [2.05, 4.69) is 6.92 Å². The summed E-state index contributed by atoms with van der Waals surface area (Å²) in [6.07, 6.45) is 1.66. The molecule has 1 aliphatic heterocycles. The molecule has 0 N–H and O–H groups in total. The van der Waals surface area contributed by atoms with Crippen LogP contribution in [0.1, 0.15) is 31.2 Å². The number of rotatable bonds is 6. The van der Waals surface area contributed by atoms with E-state index in [1.165, 1.54) is 25.3 Å². The fourth-order valence-electron chi connectivity index (χ4n) is 3.90. The molecule has 168 valence electrons. The van der Waals surface area contributed by atoms with Crippen molar-refractivity contribution in [3.8, 4) is 28.0 Å². The number of hydrogen-bond donors (Lipinski definition) is 0. The SMILES string of the molecule is CCCC1OCC(c2ccc(-c3ccc(-c4ccc(OC)c(F)c4F)cc3)c(F)c2)CO1. The van der Waals surface area contributed by atoms with Crippen molar-refractivity contribution in [2.45, 2.75) is 32.0 Å². The van der Waals surface area contributed by atoms with Crippen LogP contribution in [0.15, 0.2) is 54.6 Å². The van der Waals surface area contributed by atoms with Crippen molar-refractivity contribution in [1.29, 1.82) is 0 Å². The summed E-state index contributed by atoms with van der Waals surface area (Å²) in [6.45, 7) is 3.08. The fourth-order valence-corrected chi connectivity index (χ4v) is 3.90. The number of benzene rings is 3. The van der Waals surface area contributed by atoms with Crippen LogP contribution >= 0.6 is 0 Å². The Morgan fingerprint density at radius 2 is 1.47 bits per heavy atom. The molecule has 1 saturated heterocycles. The zero-order valence-electron chi connectivity index (χ0n) is 18.0. The summed E-state index contributed by atoms with van der Waals surface area (Å²) >= 11 is 0. The fraction of sp³-hybridized carbons (Fsp3) is 0.308. The zero-order chi connectivity index (χ0) is 22.7. The van der Waals surface area contributed by atoms with E-state index >= 15 is 0 Å². The van der Waals surface area contributed by atoms with Gasteiger partial charge in [0, 0.05) is 17.0 Å². The molecule has 0 spiro atoms. The van der Waals surface area contributed by atoms with Gasteiger partial charge in [0.15, 0.2) is 17.9 Å². The monoisotopic (exact) mass is 442 g/mol. The van der Waals surface area contributed by atoms with Gasteiger partial charge in [-0.1, -0.05) is 49.7 Å². The van der Waals surface area contributed by atoms with Crippen LogP contribution in [-0.4, -0.2) is 26.6 Å². The Labute approximate surface area is 185 Å². The van der Waals surface area contributed by atoms with E-state index in [1.54, 1.807) is 30.3 Å². The molecule has 0 radical (unpaired) electrons. The quantitative estimate of drug-likeness (QED) is 0.425. The molecule has 3 aromatic carbocycles. The van der Waals surface area contributed by atoms with Crippen LogP contribution in [0.25, 0.3) is 22.3 Å². The Morgan fingerprint density at radius 1 is 0.844 bits per heavy atom. The normalized spacial score (nSPS) is 18.5. The topological polar surface area (TPSA) is 27.7 Å². The number of methoxy groups -OCH3 is 1. The molecule has 0 unspecified atom stereocenters. The zero-order valence-corrected chi connectivity index (χ0v) is 18.0. The van der Waals surface area contributed by atoms with Gasteiger partial charge in [-0.2, -0.15) is 4.39 Å². The maximum Gasteiger partial charge on any atom is 0.201 e. The Morgan fingerprint density at radius 3 is 2.06 bits per heavy atom. The van der Waals surface area contributed by atoms with E-state index in [0.29, 0.717) is 29.9 Å². The highest BCUT2D eigenvalue weighted by molar-refractivity contribution is 5.71. The molecule has 0 bridgehead atoms. The third kappa shape index (κ3) is 4.52. The summed E-state index contributed by atoms with van der Waals surface area (Å²) < 4.78 is 59.6. The molecular formula is C26H25F3O3. The van der Waals surface area contributed by atoms with Gasteiger partial charge in [-0.3, -0.25) is 0 Å². The van der Waals surface area contributed by atoms with Crippen LogP contribution < -0.4 is 4.74 Å².